The highest BCUT2D eigenvalue weighted by molar-refractivity contribution is 7.97. The molecule has 0 aromatic heterocycles. The lowest BCUT2D eigenvalue weighted by Gasteiger charge is -1.99. The summed E-state index contributed by atoms with van der Waals surface area (Å²) >= 11 is 1.14. The number of nitrogens with two attached hydrogens (primary N) is 1. The van der Waals surface area contributed by atoms with E-state index in [1.807, 2.05) is 6.92 Å². The number of halogens is 1. The van der Waals surface area contributed by atoms with Crippen LogP contribution in [0.2, 0.25) is 0 Å². The van der Waals surface area contributed by atoms with Crippen molar-refractivity contribution in [2.75, 3.05) is 0 Å². The molecule has 0 aliphatic carbocycles. The van der Waals surface area contributed by atoms with Crippen molar-refractivity contribution in [3.8, 4) is 0 Å². The zero-order chi connectivity index (χ0) is 7.56. The van der Waals surface area contributed by atoms with Crippen molar-refractivity contribution in [2.45, 2.75) is 11.8 Å². The number of hydrogen-bond donors (Lipinski definition) is 1. The second kappa shape index (κ2) is 3.03. The molecule has 3 heteroatoms. The Bertz CT molecular complexity index is 237. The van der Waals surface area contributed by atoms with Crippen LogP contribution in [0.3, 0.4) is 0 Å². The fourth-order valence-corrected chi connectivity index (χ4v) is 1.14. The molecule has 54 valence electrons. The summed E-state index contributed by atoms with van der Waals surface area (Å²) in [5, 5.41) is 5.29. The molecule has 0 atom stereocenters. The standard InChI is InChI=1S/C7H8FNS/c1-5-4-6(8)2-3-7(5)10-9/h2-4H,9H2,1H3. The number of aryl methyl sites for hydroxylation is 1. The fraction of sp³-hybridized carbons (Fsp3) is 0.143. The molecule has 0 saturated carbocycles. The van der Waals surface area contributed by atoms with Crippen LogP contribution in [0, 0.1) is 12.7 Å². The van der Waals surface area contributed by atoms with Gasteiger partial charge in [0.2, 0.25) is 0 Å². The highest BCUT2D eigenvalue weighted by Crippen LogP contribution is 2.17. The van der Waals surface area contributed by atoms with Crippen LogP contribution in [-0.2, 0) is 0 Å². The van der Waals surface area contributed by atoms with Gasteiger partial charge in [-0.2, -0.15) is 0 Å². The molecule has 2 N–H and O–H groups in total. The van der Waals surface area contributed by atoms with Gasteiger partial charge in [-0.3, -0.25) is 5.14 Å². The maximum Gasteiger partial charge on any atom is 0.123 e. The van der Waals surface area contributed by atoms with Crippen molar-refractivity contribution in [2.24, 2.45) is 5.14 Å². The second-order valence-electron chi connectivity index (χ2n) is 2.03. The molecule has 0 fully saturated rings. The minimum atomic E-state index is -0.213. The van der Waals surface area contributed by atoms with E-state index in [2.05, 4.69) is 0 Å². The summed E-state index contributed by atoms with van der Waals surface area (Å²) < 4.78 is 12.4. The SMILES string of the molecule is Cc1cc(F)ccc1SN. The molecular formula is C7H8FNS. The van der Waals surface area contributed by atoms with Crippen molar-refractivity contribution in [1.82, 2.24) is 0 Å². The van der Waals surface area contributed by atoms with Crippen molar-refractivity contribution in [3.05, 3.63) is 29.6 Å². The van der Waals surface area contributed by atoms with E-state index in [0.717, 1.165) is 22.4 Å². The van der Waals surface area contributed by atoms with Gasteiger partial charge in [0.15, 0.2) is 0 Å². The first-order valence-electron chi connectivity index (χ1n) is 2.87. The van der Waals surface area contributed by atoms with Crippen molar-refractivity contribution in [3.63, 3.8) is 0 Å². The first-order valence-corrected chi connectivity index (χ1v) is 3.75. The topological polar surface area (TPSA) is 26.0 Å². The zero-order valence-electron chi connectivity index (χ0n) is 5.60. The van der Waals surface area contributed by atoms with E-state index in [0.29, 0.717) is 0 Å². The summed E-state index contributed by atoms with van der Waals surface area (Å²) in [6, 6.07) is 4.55. The fourth-order valence-electron chi connectivity index (χ4n) is 0.745. The van der Waals surface area contributed by atoms with Crippen LogP contribution in [0.5, 0.6) is 0 Å². The monoisotopic (exact) mass is 157 g/mol. The molecule has 1 rings (SSSR count). The van der Waals surface area contributed by atoms with Crippen LogP contribution in [0.25, 0.3) is 0 Å². The molecule has 0 saturated heterocycles. The van der Waals surface area contributed by atoms with Gasteiger partial charge in [0.25, 0.3) is 0 Å². The summed E-state index contributed by atoms with van der Waals surface area (Å²) in [6.07, 6.45) is 0. The Balaban J connectivity index is 3.07. The Morgan fingerprint density at radius 2 is 2.20 bits per heavy atom. The molecule has 10 heavy (non-hydrogen) atoms. The number of rotatable bonds is 1. The Kier molecular flexibility index (Phi) is 2.29. The Labute approximate surface area is 63.6 Å². The smallest absolute Gasteiger partial charge is 0.123 e. The van der Waals surface area contributed by atoms with Gasteiger partial charge in [0.05, 0.1) is 0 Å². The summed E-state index contributed by atoms with van der Waals surface area (Å²) in [7, 11) is 0. The second-order valence-corrected chi connectivity index (χ2v) is 2.70. The van der Waals surface area contributed by atoms with Gasteiger partial charge < -0.3 is 0 Å². The summed E-state index contributed by atoms with van der Waals surface area (Å²) in [5.41, 5.74) is 0.882. The Hall–Kier alpha value is -0.540. The maximum atomic E-state index is 12.4. The van der Waals surface area contributed by atoms with Crippen LogP contribution >= 0.6 is 11.9 Å². The molecule has 0 radical (unpaired) electrons. The molecular weight excluding hydrogens is 149 g/mol. The van der Waals surface area contributed by atoms with Crippen molar-refractivity contribution < 1.29 is 4.39 Å². The zero-order valence-corrected chi connectivity index (χ0v) is 6.41. The minimum Gasteiger partial charge on any atom is -0.274 e. The van der Waals surface area contributed by atoms with E-state index >= 15 is 0 Å². The van der Waals surface area contributed by atoms with Crippen LogP contribution in [-0.4, -0.2) is 0 Å². The maximum absolute atomic E-state index is 12.4. The van der Waals surface area contributed by atoms with Crippen LogP contribution in [0.4, 0.5) is 4.39 Å². The number of hydrogen-bond acceptors (Lipinski definition) is 2. The lowest BCUT2D eigenvalue weighted by molar-refractivity contribution is 0.625. The third kappa shape index (κ3) is 1.49. The summed E-state index contributed by atoms with van der Waals surface area (Å²) in [6.45, 7) is 1.83. The van der Waals surface area contributed by atoms with Crippen LogP contribution in [0.15, 0.2) is 23.1 Å². The van der Waals surface area contributed by atoms with E-state index < -0.39 is 0 Å². The highest BCUT2D eigenvalue weighted by atomic mass is 32.2. The lowest BCUT2D eigenvalue weighted by Crippen LogP contribution is -1.85. The molecule has 0 bridgehead atoms. The third-order valence-electron chi connectivity index (χ3n) is 1.26. The van der Waals surface area contributed by atoms with Gasteiger partial charge in [-0.15, -0.1) is 0 Å². The largest absolute Gasteiger partial charge is 0.274 e. The Morgan fingerprint density at radius 1 is 1.50 bits per heavy atom. The quantitative estimate of drug-likeness (QED) is 0.632. The summed E-state index contributed by atoms with van der Waals surface area (Å²) in [5.74, 6) is -0.213. The van der Waals surface area contributed by atoms with E-state index in [-0.39, 0.29) is 5.82 Å². The number of benzene rings is 1. The molecule has 0 unspecified atom stereocenters. The van der Waals surface area contributed by atoms with Crippen molar-refractivity contribution >= 4 is 11.9 Å². The van der Waals surface area contributed by atoms with Crippen molar-refractivity contribution in [1.29, 1.82) is 0 Å². The molecule has 0 aliphatic rings. The third-order valence-corrected chi connectivity index (χ3v) is 1.98. The van der Waals surface area contributed by atoms with Gasteiger partial charge in [-0.05, 0) is 42.6 Å². The van der Waals surface area contributed by atoms with Gasteiger partial charge in [-0.1, -0.05) is 0 Å². The molecule has 1 nitrogen and oxygen atoms in total. The van der Waals surface area contributed by atoms with Gasteiger partial charge in [-0.25, -0.2) is 4.39 Å². The predicted octanol–water partition coefficient (Wildman–Crippen LogP) is 2.10. The molecule has 1 aromatic carbocycles. The normalized spacial score (nSPS) is 9.90. The minimum absolute atomic E-state index is 0.213. The van der Waals surface area contributed by atoms with Crippen LogP contribution in [0.1, 0.15) is 5.56 Å². The van der Waals surface area contributed by atoms with E-state index in [4.69, 9.17) is 5.14 Å². The molecule has 1 aromatic rings. The predicted molar refractivity (Wildman–Crippen MR) is 41.2 cm³/mol. The van der Waals surface area contributed by atoms with Gasteiger partial charge in [0, 0.05) is 4.90 Å². The first kappa shape index (κ1) is 7.57. The average Bonchev–Trinajstić information content (AvgIpc) is 1.88. The molecule has 0 heterocycles. The summed E-state index contributed by atoms with van der Waals surface area (Å²) in [4.78, 5) is 0.918. The van der Waals surface area contributed by atoms with E-state index in [1.54, 1.807) is 6.07 Å². The van der Waals surface area contributed by atoms with Gasteiger partial charge >= 0.3 is 0 Å². The molecule has 0 aliphatic heterocycles. The van der Waals surface area contributed by atoms with Crippen LogP contribution < -0.4 is 5.14 Å². The first-order chi connectivity index (χ1) is 4.74. The van der Waals surface area contributed by atoms with E-state index in [1.165, 1.54) is 12.1 Å². The van der Waals surface area contributed by atoms with E-state index in [9.17, 15) is 4.39 Å². The lowest BCUT2D eigenvalue weighted by atomic mass is 10.2. The average molecular weight is 157 g/mol. The van der Waals surface area contributed by atoms with Gasteiger partial charge in [0.1, 0.15) is 5.82 Å². The highest BCUT2D eigenvalue weighted by Gasteiger charge is 1.96. The molecule has 0 amide bonds. The Morgan fingerprint density at radius 3 is 2.70 bits per heavy atom. The molecule has 0 spiro atoms.